The Hall–Kier alpha value is -0.900. The van der Waals surface area contributed by atoms with E-state index in [1.165, 1.54) is 12.8 Å². The summed E-state index contributed by atoms with van der Waals surface area (Å²) in [6.07, 6.45) is 2.82. The Balaban J connectivity index is 1.82. The summed E-state index contributed by atoms with van der Waals surface area (Å²) in [6, 6.07) is 0. The first-order valence-corrected chi connectivity index (χ1v) is 5.44. The molecule has 3 rings (SSSR count). The average Bonchev–Trinajstić information content (AvgIpc) is 2.75. The van der Waals surface area contributed by atoms with Gasteiger partial charge in [0, 0.05) is 12.5 Å². The molecule has 1 saturated heterocycles. The van der Waals surface area contributed by atoms with E-state index in [1.54, 1.807) is 0 Å². The van der Waals surface area contributed by atoms with E-state index < -0.39 is 0 Å². The van der Waals surface area contributed by atoms with E-state index in [4.69, 9.17) is 0 Å². The van der Waals surface area contributed by atoms with Crippen LogP contribution in [0, 0.1) is 18.8 Å². The highest BCUT2D eigenvalue weighted by Crippen LogP contribution is 2.44. The van der Waals surface area contributed by atoms with E-state index in [2.05, 4.69) is 20.5 Å². The van der Waals surface area contributed by atoms with Crippen LogP contribution in [0.1, 0.15) is 30.4 Å². The Morgan fingerprint density at radius 1 is 1.29 bits per heavy atom. The minimum Gasteiger partial charge on any atom is -0.316 e. The molecule has 1 aliphatic heterocycles. The third kappa shape index (κ3) is 1.34. The molecule has 1 aromatic rings. The van der Waals surface area contributed by atoms with Crippen molar-refractivity contribution < 1.29 is 0 Å². The van der Waals surface area contributed by atoms with Crippen molar-refractivity contribution in [2.45, 2.75) is 25.7 Å². The minimum atomic E-state index is 0.549. The van der Waals surface area contributed by atoms with E-state index in [0.29, 0.717) is 5.92 Å². The number of hydrogen-bond donors (Lipinski definition) is 2. The molecule has 0 aromatic carbocycles. The number of nitrogens with zero attached hydrogens (tertiary/aromatic N) is 2. The molecule has 2 fully saturated rings. The maximum Gasteiger partial charge on any atom is 0.155 e. The van der Waals surface area contributed by atoms with Gasteiger partial charge in [-0.05, 0) is 38.1 Å². The Labute approximate surface area is 83.5 Å². The van der Waals surface area contributed by atoms with Crippen molar-refractivity contribution in [3.8, 4) is 0 Å². The molecule has 2 heterocycles. The summed E-state index contributed by atoms with van der Waals surface area (Å²) in [6.45, 7) is 4.17. The molecule has 4 heteroatoms. The van der Waals surface area contributed by atoms with Crippen LogP contribution in [0.2, 0.25) is 0 Å². The maximum atomic E-state index is 4.45. The van der Waals surface area contributed by atoms with Gasteiger partial charge >= 0.3 is 0 Å². The van der Waals surface area contributed by atoms with Gasteiger partial charge in [-0.15, -0.1) is 0 Å². The van der Waals surface area contributed by atoms with Crippen LogP contribution in [0.5, 0.6) is 0 Å². The van der Waals surface area contributed by atoms with Crippen molar-refractivity contribution in [3.05, 3.63) is 11.6 Å². The first-order chi connectivity index (χ1) is 6.84. The van der Waals surface area contributed by atoms with E-state index in [1.807, 2.05) is 6.92 Å². The fraction of sp³-hybridized carbons (Fsp3) is 0.800. The number of aromatic nitrogens is 3. The van der Waals surface area contributed by atoms with E-state index >= 15 is 0 Å². The second-order valence-corrected chi connectivity index (χ2v) is 4.55. The highest BCUT2D eigenvalue weighted by atomic mass is 15.2. The summed E-state index contributed by atoms with van der Waals surface area (Å²) < 4.78 is 0. The molecule has 2 aliphatic rings. The fourth-order valence-electron chi connectivity index (χ4n) is 2.53. The van der Waals surface area contributed by atoms with Crippen molar-refractivity contribution in [2.24, 2.45) is 11.8 Å². The second kappa shape index (κ2) is 3.05. The predicted molar refractivity (Wildman–Crippen MR) is 52.9 cm³/mol. The van der Waals surface area contributed by atoms with Crippen LogP contribution in [0.15, 0.2) is 0 Å². The summed E-state index contributed by atoms with van der Waals surface area (Å²) in [5, 5.41) is 10.7. The monoisotopic (exact) mass is 192 g/mol. The van der Waals surface area contributed by atoms with Gasteiger partial charge in [-0.1, -0.05) is 0 Å². The Morgan fingerprint density at radius 3 is 2.79 bits per heavy atom. The Bertz CT molecular complexity index is 329. The zero-order valence-corrected chi connectivity index (χ0v) is 8.45. The first kappa shape index (κ1) is 8.41. The van der Waals surface area contributed by atoms with Gasteiger partial charge in [0.05, 0.1) is 0 Å². The van der Waals surface area contributed by atoms with Crippen molar-refractivity contribution in [3.63, 3.8) is 0 Å². The third-order valence-electron chi connectivity index (χ3n) is 3.43. The van der Waals surface area contributed by atoms with Gasteiger partial charge in [0.15, 0.2) is 5.82 Å². The van der Waals surface area contributed by atoms with Crippen LogP contribution in [-0.4, -0.2) is 28.3 Å². The molecule has 1 aliphatic carbocycles. The molecule has 1 aromatic heterocycles. The quantitative estimate of drug-likeness (QED) is 0.729. The van der Waals surface area contributed by atoms with Crippen molar-refractivity contribution >= 4 is 0 Å². The number of nitrogens with one attached hydrogen (secondary N) is 2. The molecule has 0 amide bonds. The minimum absolute atomic E-state index is 0.549. The largest absolute Gasteiger partial charge is 0.316 e. The zero-order chi connectivity index (χ0) is 9.54. The Kier molecular flexibility index (Phi) is 1.83. The fourth-order valence-corrected chi connectivity index (χ4v) is 2.53. The van der Waals surface area contributed by atoms with Gasteiger partial charge in [0.25, 0.3) is 0 Å². The van der Waals surface area contributed by atoms with Crippen molar-refractivity contribution in [1.82, 2.24) is 20.5 Å². The van der Waals surface area contributed by atoms with Crippen LogP contribution in [-0.2, 0) is 0 Å². The summed E-state index contributed by atoms with van der Waals surface area (Å²) in [7, 11) is 0. The van der Waals surface area contributed by atoms with Crippen LogP contribution in [0.25, 0.3) is 0 Å². The lowest BCUT2D eigenvalue weighted by molar-refractivity contribution is 0.443. The molecule has 0 spiro atoms. The lowest BCUT2D eigenvalue weighted by Crippen LogP contribution is -2.14. The Morgan fingerprint density at radius 2 is 2.14 bits per heavy atom. The predicted octanol–water partition coefficient (Wildman–Crippen LogP) is 0.826. The van der Waals surface area contributed by atoms with Crippen LogP contribution < -0.4 is 5.32 Å². The second-order valence-electron chi connectivity index (χ2n) is 4.55. The summed E-state index contributed by atoms with van der Waals surface area (Å²) in [4.78, 5) is 4.45. The topological polar surface area (TPSA) is 53.6 Å². The van der Waals surface area contributed by atoms with Gasteiger partial charge in [0.2, 0.25) is 0 Å². The van der Waals surface area contributed by atoms with Crippen molar-refractivity contribution in [2.75, 3.05) is 13.1 Å². The van der Waals surface area contributed by atoms with E-state index in [9.17, 15) is 0 Å². The average molecular weight is 192 g/mol. The third-order valence-corrected chi connectivity index (χ3v) is 3.43. The molecule has 0 radical (unpaired) electrons. The number of rotatable bonds is 2. The summed E-state index contributed by atoms with van der Waals surface area (Å²) in [5.74, 6) is 4.22. The molecule has 0 bridgehead atoms. The van der Waals surface area contributed by atoms with Crippen LogP contribution >= 0.6 is 0 Å². The maximum absolute atomic E-state index is 4.45. The zero-order valence-electron chi connectivity index (χ0n) is 8.45. The van der Waals surface area contributed by atoms with E-state index in [-0.39, 0.29) is 0 Å². The number of hydrogen-bond acceptors (Lipinski definition) is 3. The smallest absolute Gasteiger partial charge is 0.155 e. The number of H-pyrrole nitrogens is 1. The number of aryl methyl sites for hydroxylation is 1. The molecule has 2 unspecified atom stereocenters. The molecule has 2 N–H and O–H groups in total. The van der Waals surface area contributed by atoms with Gasteiger partial charge in [-0.25, -0.2) is 4.98 Å². The standard InChI is InChI=1S/C10H16N4/c1-6-12-10(14-13-6)9-5-11-4-8(9)7-2-3-7/h7-9,11H,2-5H2,1H3,(H,12,13,14). The molecule has 1 saturated carbocycles. The lowest BCUT2D eigenvalue weighted by Gasteiger charge is -2.13. The molecule has 4 nitrogen and oxygen atoms in total. The van der Waals surface area contributed by atoms with Crippen LogP contribution in [0.3, 0.4) is 0 Å². The SMILES string of the molecule is Cc1nc(C2CNCC2C2CC2)n[nH]1. The van der Waals surface area contributed by atoms with Gasteiger partial charge in [-0.2, -0.15) is 5.10 Å². The highest BCUT2D eigenvalue weighted by molar-refractivity contribution is 5.07. The van der Waals surface area contributed by atoms with Gasteiger partial charge in [0.1, 0.15) is 5.82 Å². The molecule has 14 heavy (non-hydrogen) atoms. The summed E-state index contributed by atoms with van der Waals surface area (Å²) >= 11 is 0. The highest BCUT2D eigenvalue weighted by Gasteiger charge is 2.41. The summed E-state index contributed by atoms with van der Waals surface area (Å²) in [5.41, 5.74) is 0. The first-order valence-electron chi connectivity index (χ1n) is 5.44. The molecule has 76 valence electrons. The van der Waals surface area contributed by atoms with Gasteiger partial charge < -0.3 is 5.32 Å². The lowest BCUT2D eigenvalue weighted by atomic mass is 9.91. The molecular formula is C10H16N4. The van der Waals surface area contributed by atoms with Crippen LogP contribution in [0.4, 0.5) is 0 Å². The van der Waals surface area contributed by atoms with Crippen molar-refractivity contribution in [1.29, 1.82) is 0 Å². The van der Waals surface area contributed by atoms with E-state index in [0.717, 1.165) is 36.6 Å². The van der Waals surface area contributed by atoms with Gasteiger partial charge in [-0.3, -0.25) is 5.10 Å². The molecule has 2 atom stereocenters. The molecular weight excluding hydrogens is 176 g/mol. The number of aromatic amines is 1. The normalized spacial score (nSPS) is 32.4.